The molecule has 0 bridgehead atoms. The number of hydrogen-bond donors (Lipinski definition) is 0. The Bertz CT molecular complexity index is 1430. The Hall–Kier alpha value is -3.07. The first-order valence-electron chi connectivity index (χ1n) is 12.7. The highest BCUT2D eigenvalue weighted by molar-refractivity contribution is 7.96. The summed E-state index contributed by atoms with van der Waals surface area (Å²) in [5.74, 6) is 0. The molecule has 0 saturated carbocycles. The standard InChI is InChI=1S/C34H28Cl2N2P.BrH/c1-26(37-38-34(27-17-21-29(35)22-18-27)28-19-23-30(36)24-20-28)25-39(31-11-5-2-6-12-31,32-13-7-3-8-14-32)33-15-9-4-10-16-33;/h2-24H,25H2,1H3;1H/q+1;/p-1/b37-26+;. The highest BCUT2D eigenvalue weighted by Gasteiger charge is 2.45. The molecular weight excluding hydrogens is 618 g/mol. The molecule has 5 rings (SSSR count). The van der Waals surface area contributed by atoms with Gasteiger partial charge in [0, 0.05) is 21.2 Å². The van der Waals surface area contributed by atoms with E-state index >= 15 is 0 Å². The Morgan fingerprint density at radius 1 is 0.525 bits per heavy atom. The zero-order valence-electron chi connectivity index (χ0n) is 22.0. The summed E-state index contributed by atoms with van der Waals surface area (Å²) in [4.78, 5) is 0. The van der Waals surface area contributed by atoms with Crippen LogP contribution in [0.3, 0.4) is 0 Å². The van der Waals surface area contributed by atoms with E-state index in [1.807, 2.05) is 48.5 Å². The maximum absolute atomic E-state index is 6.18. The first kappa shape index (κ1) is 29.9. The van der Waals surface area contributed by atoms with E-state index in [2.05, 4.69) is 97.9 Å². The van der Waals surface area contributed by atoms with Crippen LogP contribution < -0.4 is 32.9 Å². The average Bonchev–Trinajstić information content (AvgIpc) is 2.99. The topological polar surface area (TPSA) is 24.7 Å². The van der Waals surface area contributed by atoms with Crippen molar-refractivity contribution in [1.82, 2.24) is 0 Å². The van der Waals surface area contributed by atoms with Gasteiger partial charge in [0.25, 0.3) is 0 Å². The van der Waals surface area contributed by atoms with Crippen LogP contribution in [0.4, 0.5) is 0 Å². The molecule has 0 radical (unpaired) electrons. The largest absolute Gasteiger partial charge is 1.00 e. The molecule has 0 N–H and O–H groups in total. The van der Waals surface area contributed by atoms with E-state index in [4.69, 9.17) is 33.4 Å². The fourth-order valence-electron chi connectivity index (χ4n) is 4.78. The van der Waals surface area contributed by atoms with Crippen LogP contribution in [0.5, 0.6) is 0 Å². The summed E-state index contributed by atoms with van der Waals surface area (Å²) < 4.78 is 0. The fraction of sp³-hybridized carbons (Fsp3) is 0.0588. The van der Waals surface area contributed by atoms with Crippen molar-refractivity contribution >= 4 is 57.8 Å². The minimum Gasteiger partial charge on any atom is -1.00 e. The van der Waals surface area contributed by atoms with E-state index in [0.717, 1.165) is 28.7 Å². The molecule has 0 saturated heterocycles. The zero-order chi connectivity index (χ0) is 27.1. The lowest BCUT2D eigenvalue weighted by Gasteiger charge is -2.27. The van der Waals surface area contributed by atoms with E-state index in [9.17, 15) is 0 Å². The van der Waals surface area contributed by atoms with Crippen LogP contribution >= 0.6 is 30.5 Å². The maximum Gasteiger partial charge on any atom is 0.117 e. The Morgan fingerprint density at radius 3 is 1.23 bits per heavy atom. The van der Waals surface area contributed by atoms with Crippen LogP contribution in [0.25, 0.3) is 0 Å². The smallest absolute Gasteiger partial charge is 0.117 e. The fourth-order valence-corrected chi connectivity index (χ4v) is 9.26. The summed E-state index contributed by atoms with van der Waals surface area (Å²) in [5, 5.41) is 15.0. The van der Waals surface area contributed by atoms with Crippen molar-refractivity contribution in [2.45, 2.75) is 6.92 Å². The lowest BCUT2D eigenvalue weighted by Crippen LogP contribution is -3.00. The van der Waals surface area contributed by atoms with E-state index < -0.39 is 7.26 Å². The van der Waals surface area contributed by atoms with Crippen molar-refractivity contribution in [1.29, 1.82) is 0 Å². The lowest BCUT2D eigenvalue weighted by atomic mass is 10.0. The lowest BCUT2D eigenvalue weighted by molar-refractivity contribution is -0.00000750. The van der Waals surface area contributed by atoms with Gasteiger partial charge in [-0.3, -0.25) is 0 Å². The van der Waals surface area contributed by atoms with Gasteiger partial charge in [-0.15, -0.1) is 5.10 Å². The summed E-state index contributed by atoms with van der Waals surface area (Å²) in [6, 6.07) is 47.8. The zero-order valence-corrected chi connectivity index (χ0v) is 26.0. The summed E-state index contributed by atoms with van der Waals surface area (Å²) in [6.45, 7) is 2.08. The van der Waals surface area contributed by atoms with Gasteiger partial charge in [-0.25, -0.2) is 0 Å². The second kappa shape index (κ2) is 14.0. The molecule has 0 spiro atoms. The third-order valence-corrected chi connectivity index (χ3v) is 11.6. The van der Waals surface area contributed by atoms with Gasteiger partial charge < -0.3 is 17.0 Å². The molecular formula is C34H28BrCl2N2P. The normalized spacial score (nSPS) is 11.4. The number of nitrogens with zero attached hydrogens (tertiary/aromatic N) is 2. The van der Waals surface area contributed by atoms with Crippen LogP contribution in [0.2, 0.25) is 10.0 Å². The molecule has 0 fully saturated rings. The molecule has 6 heteroatoms. The monoisotopic (exact) mass is 644 g/mol. The van der Waals surface area contributed by atoms with Crippen molar-refractivity contribution in [3.05, 3.63) is 161 Å². The molecule has 2 nitrogen and oxygen atoms in total. The summed E-state index contributed by atoms with van der Waals surface area (Å²) in [6.07, 6.45) is 0.767. The molecule has 5 aromatic rings. The van der Waals surface area contributed by atoms with Gasteiger partial charge in [0.15, 0.2) is 0 Å². The molecule has 0 aliphatic carbocycles. The molecule has 0 amide bonds. The molecule has 5 aromatic carbocycles. The van der Waals surface area contributed by atoms with Crippen molar-refractivity contribution < 1.29 is 17.0 Å². The number of rotatable bonds is 8. The van der Waals surface area contributed by atoms with Crippen LogP contribution in [0.1, 0.15) is 18.1 Å². The van der Waals surface area contributed by atoms with Crippen LogP contribution in [0, 0.1) is 0 Å². The van der Waals surface area contributed by atoms with E-state index in [1.54, 1.807) is 0 Å². The van der Waals surface area contributed by atoms with Gasteiger partial charge in [-0.05, 0) is 67.6 Å². The SMILES string of the molecule is C/C(C[P+](c1ccccc1)(c1ccccc1)c1ccccc1)=N\N=C(c1ccc(Cl)cc1)c1ccc(Cl)cc1.[Br-]. The molecule has 0 atom stereocenters. The molecule has 0 aromatic heterocycles. The highest BCUT2D eigenvalue weighted by atomic mass is 79.9. The Kier molecular flexibility index (Phi) is 10.5. The Balaban J connectivity index is 0.00000370. The second-order valence-corrected chi connectivity index (χ2v) is 13.6. The van der Waals surface area contributed by atoms with Gasteiger partial charge in [0.1, 0.15) is 35.0 Å². The Morgan fingerprint density at radius 2 is 0.875 bits per heavy atom. The van der Waals surface area contributed by atoms with E-state index in [1.165, 1.54) is 15.9 Å². The van der Waals surface area contributed by atoms with Crippen molar-refractivity contribution in [3.8, 4) is 0 Å². The maximum atomic E-state index is 6.18. The van der Waals surface area contributed by atoms with Gasteiger partial charge in [-0.2, -0.15) is 5.10 Å². The summed E-state index contributed by atoms with van der Waals surface area (Å²) >= 11 is 12.4. The minimum atomic E-state index is -2.06. The Labute approximate surface area is 257 Å². The molecule has 0 unspecified atom stereocenters. The van der Waals surface area contributed by atoms with Gasteiger partial charge in [-0.1, -0.05) is 102 Å². The minimum absolute atomic E-state index is 0. The third-order valence-electron chi connectivity index (χ3n) is 6.61. The predicted octanol–water partition coefficient (Wildman–Crippen LogP) is 5.20. The number of hydrogen-bond acceptors (Lipinski definition) is 2. The van der Waals surface area contributed by atoms with Crippen LogP contribution in [0.15, 0.2) is 150 Å². The first-order chi connectivity index (χ1) is 19.1. The number of benzene rings is 5. The third kappa shape index (κ3) is 6.79. The number of halogens is 3. The van der Waals surface area contributed by atoms with E-state index in [-0.39, 0.29) is 17.0 Å². The molecule has 40 heavy (non-hydrogen) atoms. The average molecular weight is 646 g/mol. The molecule has 200 valence electrons. The molecule has 0 aliphatic heterocycles. The van der Waals surface area contributed by atoms with Crippen molar-refractivity contribution in [3.63, 3.8) is 0 Å². The second-order valence-electron chi connectivity index (χ2n) is 9.27. The van der Waals surface area contributed by atoms with E-state index in [0.29, 0.717) is 10.0 Å². The highest BCUT2D eigenvalue weighted by Crippen LogP contribution is 2.55. The van der Waals surface area contributed by atoms with Crippen molar-refractivity contribution in [2.75, 3.05) is 6.16 Å². The first-order valence-corrected chi connectivity index (χ1v) is 15.5. The van der Waals surface area contributed by atoms with Gasteiger partial charge >= 0.3 is 0 Å². The quantitative estimate of drug-likeness (QED) is 0.126. The summed E-state index contributed by atoms with van der Waals surface area (Å²) in [5.41, 5.74) is 3.60. The van der Waals surface area contributed by atoms with Crippen LogP contribution in [-0.2, 0) is 0 Å². The van der Waals surface area contributed by atoms with Gasteiger partial charge in [0.05, 0.1) is 5.71 Å². The molecule has 0 aliphatic rings. The van der Waals surface area contributed by atoms with Crippen molar-refractivity contribution in [2.24, 2.45) is 10.2 Å². The summed E-state index contributed by atoms with van der Waals surface area (Å²) in [7, 11) is -2.06. The predicted molar refractivity (Wildman–Crippen MR) is 172 cm³/mol. The van der Waals surface area contributed by atoms with Gasteiger partial charge in [0.2, 0.25) is 0 Å². The molecule has 0 heterocycles. The van der Waals surface area contributed by atoms with Crippen LogP contribution in [-0.4, -0.2) is 17.6 Å².